The van der Waals surface area contributed by atoms with Crippen LogP contribution in [0.4, 0.5) is 5.82 Å². The predicted octanol–water partition coefficient (Wildman–Crippen LogP) is 3.66. The summed E-state index contributed by atoms with van der Waals surface area (Å²) < 4.78 is 1.60. The Kier molecular flexibility index (Phi) is 7.39. The second-order valence-electron chi connectivity index (χ2n) is 9.26. The van der Waals surface area contributed by atoms with Gasteiger partial charge in [0.15, 0.2) is 22.1 Å². The number of hydrogen-bond acceptors (Lipinski definition) is 9. The lowest BCUT2D eigenvalue weighted by atomic mass is 10.0. The van der Waals surface area contributed by atoms with Crippen molar-refractivity contribution in [1.82, 2.24) is 25.0 Å². The molecule has 0 radical (unpaired) electrons. The molecule has 12 heteroatoms. The molecule has 2 saturated carbocycles. The number of nitrogens with zero attached hydrogens (tertiary/aromatic N) is 5. The summed E-state index contributed by atoms with van der Waals surface area (Å²) in [5, 5.41) is 44.5. The number of anilines is 1. The monoisotopic (exact) mass is 538 g/mol. The van der Waals surface area contributed by atoms with Gasteiger partial charge in [0.2, 0.25) is 0 Å². The van der Waals surface area contributed by atoms with Crippen molar-refractivity contribution in [1.29, 1.82) is 0 Å². The number of aliphatic hydroxyl groups excluding tert-OH is 3. The molecule has 0 spiro atoms. The van der Waals surface area contributed by atoms with Crippen molar-refractivity contribution in [3.63, 3.8) is 0 Å². The Balaban J connectivity index is 1.45. The summed E-state index contributed by atoms with van der Waals surface area (Å²) in [6.45, 7) is 2.05. The van der Waals surface area contributed by atoms with E-state index in [1.807, 2.05) is 12.1 Å². The molecule has 2 heterocycles. The number of thioether (sulfide) groups is 1. The minimum atomic E-state index is -1.02. The number of benzene rings is 1. The van der Waals surface area contributed by atoms with E-state index in [1.165, 1.54) is 0 Å². The van der Waals surface area contributed by atoms with Crippen LogP contribution in [0.3, 0.4) is 0 Å². The highest BCUT2D eigenvalue weighted by molar-refractivity contribution is 7.99. The first-order valence-corrected chi connectivity index (χ1v) is 13.6. The van der Waals surface area contributed by atoms with Gasteiger partial charge in [0.25, 0.3) is 0 Å². The summed E-state index contributed by atoms with van der Waals surface area (Å²) in [6.07, 6.45) is 0.822. The zero-order chi connectivity index (χ0) is 24.7. The van der Waals surface area contributed by atoms with Crippen LogP contribution in [0.15, 0.2) is 23.4 Å². The van der Waals surface area contributed by atoms with E-state index in [0.29, 0.717) is 45.0 Å². The summed E-state index contributed by atoms with van der Waals surface area (Å²) in [5.74, 6) is 1.50. The molecule has 2 fully saturated rings. The Labute approximate surface area is 217 Å². The number of aliphatic hydroxyl groups is 3. The standard InChI is InChI=1S/C23H28Cl2N6O3S/c1-2-5-35-23-27-21(26-16-10-15(16)12-6-13(24)9-14(25)7-12)18-22(28-23)31(30-29-18)17-8-11(3-4-32)19(33)20(17)34/h6-7,9,11,15-17,19-20,32-34H,2-5,8,10H2,1H3,(H,26,27,28). The maximum absolute atomic E-state index is 10.7. The van der Waals surface area contributed by atoms with Crippen LogP contribution in [-0.4, -0.2) is 70.9 Å². The van der Waals surface area contributed by atoms with Gasteiger partial charge in [-0.3, -0.25) is 0 Å². The van der Waals surface area contributed by atoms with Gasteiger partial charge in [0.1, 0.15) is 6.10 Å². The van der Waals surface area contributed by atoms with E-state index in [0.717, 1.165) is 24.2 Å². The van der Waals surface area contributed by atoms with Crippen molar-refractivity contribution >= 4 is 51.9 Å². The molecule has 3 aromatic rings. The molecule has 35 heavy (non-hydrogen) atoms. The number of fused-ring (bicyclic) bond motifs is 1. The number of rotatable bonds is 9. The molecule has 2 aromatic heterocycles. The van der Waals surface area contributed by atoms with Crippen LogP contribution in [0.5, 0.6) is 0 Å². The summed E-state index contributed by atoms with van der Waals surface area (Å²) in [5.41, 5.74) is 2.12. The molecule has 0 saturated heterocycles. The van der Waals surface area contributed by atoms with Gasteiger partial charge >= 0.3 is 0 Å². The molecule has 4 N–H and O–H groups in total. The van der Waals surface area contributed by atoms with Gasteiger partial charge in [-0.2, -0.15) is 0 Å². The molecule has 2 aliphatic carbocycles. The van der Waals surface area contributed by atoms with E-state index in [-0.39, 0.29) is 24.5 Å². The Bertz CT molecular complexity index is 1190. The molecular formula is C23H28Cl2N6O3S. The van der Waals surface area contributed by atoms with Gasteiger partial charge in [0, 0.05) is 34.4 Å². The zero-order valence-corrected chi connectivity index (χ0v) is 21.5. The molecule has 6 atom stereocenters. The molecule has 188 valence electrons. The van der Waals surface area contributed by atoms with E-state index in [4.69, 9.17) is 33.2 Å². The molecule has 0 bridgehead atoms. The van der Waals surface area contributed by atoms with E-state index in [1.54, 1.807) is 22.5 Å². The predicted molar refractivity (Wildman–Crippen MR) is 136 cm³/mol. The fraction of sp³-hybridized carbons (Fsp3) is 0.565. The van der Waals surface area contributed by atoms with Crippen LogP contribution in [0, 0.1) is 5.92 Å². The van der Waals surface area contributed by atoms with Crippen molar-refractivity contribution in [2.24, 2.45) is 5.92 Å². The highest BCUT2D eigenvalue weighted by Gasteiger charge is 2.44. The van der Waals surface area contributed by atoms with E-state index >= 15 is 0 Å². The second kappa shape index (κ2) is 10.4. The highest BCUT2D eigenvalue weighted by Crippen LogP contribution is 2.45. The largest absolute Gasteiger partial charge is 0.396 e. The Hall–Kier alpha value is -1.69. The fourth-order valence-corrected chi connectivity index (χ4v) is 6.11. The van der Waals surface area contributed by atoms with Crippen LogP contribution >= 0.6 is 35.0 Å². The lowest BCUT2D eigenvalue weighted by Gasteiger charge is -2.17. The fourth-order valence-electron chi connectivity index (χ4n) is 4.87. The molecule has 0 aliphatic heterocycles. The van der Waals surface area contributed by atoms with Gasteiger partial charge < -0.3 is 20.6 Å². The third-order valence-electron chi connectivity index (χ3n) is 6.75. The number of hydrogen-bond donors (Lipinski definition) is 4. The van der Waals surface area contributed by atoms with Crippen LogP contribution in [0.25, 0.3) is 11.2 Å². The van der Waals surface area contributed by atoms with Gasteiger partial charge in [-0.15, -0.1) is 5.10 Å². The Morgan fingerprint density at radius 1 is 1.11 bits per heavy atom. The smallest absolute Gasteiger partial charge is 0.191 e. The average Bonchev–Trinajstić information content (AvgIpc) is 3.38. The molecule has 5 rings (SSSR count). The van der Waals surface area contributed by atoms with E-state index < -0.39 is 18.2 Å². The quantitative estimate of drug-likeness (QED) is 0.238. The highest BCUT2D eigenvalue weighted by atomic mass is 35.5. The molecule has 2 aliphatic rings. The van der Waals surface area contributed by atoms with Crippen molar-refractivity contribution in [3.05, 3.63) is 33.8 Å². The molecular weight excluding hydrogens is 511 g/mol. The summed E-state index contributed by atoms with van der Waals surface area (Å²) >= 11 is 13.9. The zero-order valence-electron chi connectivity index (χ0n) is 19.2. The lowest BCUT2D eigenvalue weighted by molar-refractivity contribution is 0.00107. The number of halogens is 2. The van der Waals surface area contributed by atoms with Crippen LogP contribution in [0.2, 0.25) is 10.0 Å². The third kappa shape index (κ3) is 5.10. The van der Waals surface area contributed by atoms with Crippen molar-refractivity contribution in [2.75, 3.05) is 17.7 Å². The first kappa shape index (κ1) is 25.0. The third-order valence-corrected chi connectivity index (χ3v) is 8.24. The minimum Gasteiger partial charge on any atom is -0.396 e. The van der Waals surface area contributed by atoms with Crippen LogP contribution in [-0.2, 0) is 0 Å². The molecule has 1 aromatic carbocycles. The maximum Gasteiger partial charge on any atom is 0.191 e. The lowest BCUT2D eigenvalue weighted by Crippen LogP contribution is -2.30. The van der Waals surface area contributed by atoms with Crippen molar-refractivity contribution < 1.29 is 15.3 Å². The Morgan fingerprint density at radius 2 is 1.89 bits per heavy atom. The van der Waals surface area contributed by atoms with E-state index in [9.17, 15) is 15.3 Å². The summed E-state index contributed by atoms with van der Waals surface area (Å²) in [7, 11) is 0. The normalized spacial score (nSPS) is 28.1. The number of nitrogens with one attached hydrogen (secondary N) is 1. The summed E-state index contributed by atoms with van der Waals surface area (Å²) in [4.78, 5) is 9.44. The van der Waals surface area contributed by atoms with Gasteiger partial charge in [0.05, 0.1) is 12.1 Å². The minimum absolute atomic E-state index is 0.0479. The van der Waals surface area contributed by atoms with Crippen molar-refractivity contribution in [2.45, 2.75) is 68.0 Å². The van der Waals surface area contributed by atoms with E-state index in [2.05, 4.69) is 22.6 Å². The van der Waals surface area contributed by atoms with Gasteiger partial charge in [-0.25, -0.2) is 14.6 Å². The Morgan fingerprint density at radius 3 is 2.60 bits per heavy atom. The molecule has 0 amide bonds. The molecule has 9 nitrogen and oxygen atoms in total. The summed E-state index contributed by atoms with van der Waals surface area (Å²) in [6, 6.07) is 5.25. The second-order valence-corrected chi connectivity index (χ2v) is 11.2. The SMILES string of the molecule is CCCSc1nc(NC2CC2c2cc(Cl)cc(Cl)c2)c2nnn(C3CC(CCO)C(O)C3O)c2n1. The number of aromatic nitrogens is 5. The van der Waals surface area contributed by atoms with Gasteiger partial charge in [-0.05, 0) is 55.4 Å². The van der Waals surface area contributed by atoms with Crippen molar-refractivity contribution in [3.8, 4) is 0 Å². The van der Waals surface area contributed by atoms with Gasteiger partial charge in [-0.1, -0.05) is 47.1 Å². The topological polar surface area (TPSA) is 129 Å². The average molecular weight is 539 g/mol. The van der Waals surface area contributed by atoms with Crippen LogP contribution < -0.4 is 5.32 Å². The van der Waals surface area contributed by atoms with Crippen LogP contribution in [0.1, 0.15) is 50.1 Å². The maximum atomic E-state index is 10.7. The first-order valence-electron chi connectivity index (χ1n) is 11.8. The first-order chi connectivity index (χ1) is 16.9. The molecule has 6 unspecified atom stereocenters.